The molecule has 0 saturated heterocycles. The lowest BCUT2D eigenvalue weighted by Crippen LogP contribution is -2.02. The zero-order valence-electron chi connectivity index (χ0n) is 8.01. The quantitative estimate of drug-likeness (QED) is 0.348. The molecule has 0 amide bonds. The van der Waals surface area contributed by atoms with Crippen LogP contribution >= 0.6 is 0 Å². The molecule has 2 heteroatoms. The van der Waals surface area contributed by atoms with E-state index in [9.17, 15) is 4.79 Å². The van der Waals surface area contributed by atoms with Crippen molar-refractivity contribution < 1.29 is 9.53 Å². The molecule has 2 nitrogen and oxygen atoms in total. The first-order chi connectivity index (χ1) is 5.81. The summed E-state index contributed by atoms with van der Waals surface area (Å²) in [5, 5.41) is 0. The number of hydrogen-bond donors (Lipinski definition) is 0. The van der Waals surface area contributed by atoms with Crippen molar-refractivity contribution in [2.24, 2.45) is 0 Å². The third-order valence-electron chi connectivity index (χ3n) is 1.46. The van der Waals surface area contributed by atoms with Crippen LogP contribution in [0.4, 0.5) is 0 Å². The van der Waals surface area contributed by atoms with E-state index in [1.54, 1.807) is 6.92 Å². The minimum absolute atomic E-state index is 0.112. The minimum atomic E-state index is -0.112. The monoisotopic (exact) mass is 170 g/mol. The molecule has 0 heterocycles. The van der Waals surface area contributed by atoms with Gasteiger partial charge in [0.2, 0.25) is 0 Å². The van der Waals surface area contributed by atoms with Crippen molar-refractivity contribution in [1.29, 1.82) is 0 Å². The molecular weight excluding hydrogens is 152 g/mol. The maximum Gasteiger partial charge on any atom is 0.305 e. The van der Waals surface area contributed by atoms with Crippen molar-refractivity contribution in [1.82, 2.24) is 0 Å². The first kappa shape index (κ1) is 11.2. The first-order valence-corrected chi connectivity index (χ1v) is 4.61. The Balaban J connectivity index is 3.15. The Bertz CT molecular complexity index is 139. The maximum absolute atomic E-state index is 10.7. The highest BCUT2D eigenvalue weighted by Gasteiger charge is 1.94. The standard InChI is InChI=1S/C10H18O2/c1-3-5-6-7-8-9-12-10(11)4-2/h6-7H,3-5,8-9H2,1-2H3/b7-6+. The molecule has 0 radical (unpaired) electrons. The second-order valence-electron chi connectivity index (χ2n) is 2.62. The van der Waals surface area contributed by atoms with Gasteiger partial charge in [0.05, 0.1) is 6.61 Å². The number of unbranched alkanes of at least 4 members (excludes halogenated alkanes) is 1. The number of ether oxygens (including phenoxy) is 1. The van der Waals surface area contributed by atoms with Gasteiger partial charge >= 0.3 is 5.97 Å². The molecule has 0 fully saturated rings. The van der Waals surface area contributed by atoms with Crippen LogP contribution in [0.3, 0.4) is 0 Å². The summed E-state index contributed by atoms with van der Waals surface area (Å²) in [5.41, 5.74) is 0. The van der Waals surface area contributed by atoms with E-state index in [1.807, 2.05) is 0 Å². The molecular formula is C10H18O2. The minimum Gasteiger partial charge on any atom is -0.465 e. The summed E-state index contributed by atoms with van der Waals surface area (Å²) < 4.78 is 4.88. The van der Waals surface area contributed by atoms with Crippen molar-refractivity contribution in [2.45, 2.75) is 39.5 Å². The van der Waals surface area contributed by atoms with Gasteiger partial charge < -0.3 is 4.74 Å². The molecule has 0 rings (SSSR count). The van der Waals surface area contributed by atoms with Gasteiger partial charge in [0.25, 0.3) is 0 Å². The second-order valence-corrected chi connectivity index (χ2v) is 2.62. The summed E-state index contributed by atoms with van der Waals surface area (Å²) in [6.07, 6.45) is 7.78. The molecule has 0 atom stereocenters. The SMILES string of the molecule is CCC/C=C/CCOC(=O)CC. The van der Waals surface area contributed by atoms with Crippen LogP contribution < -0.4 is 0 Å². The number of carbonyl (C=O) groups is 1. The maximum atomic E-state index is 10.7. The topological polar surface area (TPSA) is 26.3 Å². The van der Waals surface area contributed by atoms with Gasteiger partial charge in [-0.15, -0.1) is 0 Å². The fourth-order valence-corrected chi connectivity index (χ4v) is 0.745. The van der Waals surface area contributed by atoms with Crippen LogP contribution in [0.1, 0.15) is 39.5 Å². The third-order valence-corrected chi connectivity index (χ3v) is 1.46. The normalized spacial score (nSPS) is 10.5. The lowest BCUT2D eigenvalue weighted by Gasteiger charge is -1.98. The Morgan fingerprint density at radius 2 is 1.92 bits per heavy atom. The molecule has 0 unspecified atom stereocenters. The molecule has 0 bridgehead atoms. The Kier molecular flexibility index (Phi) is 7.76. The summed E-state index contributed by atoms with van der Waals surface area (Å²) in [4.78, 5) is 10.7. The highest BCUT2D eigenvalue weighted by atomic mass is 16.5. The van der Waals surface area contributed by atoms with Gasteiger partial charge in [0.15, 0.2) is 0 Å². The van der Waals surface area contributed by atoms with E-state index < -0.39 is 0 Å². The molecule has 0 aromatic rings. The summed E-state index contributed by atoms with van der Waals surface area (Å²) in [6, 6.07) is 0. The molecule has 0 aromatic carbocycles. The van der Waals surface area contributed by atoms with Crippen LogP contribution in [0.5, 0.6) is 0 Å². The average molecular weight is 170 g/mol. The highest BCUT2D eigenvalue weighted by molar-refractivity contribution is 5.68. The lowest BCUT2D eigenvalue weighted by atomic mass is 10.3. The predicted octanol–water partition coefficient (Wildman–Crippen LogP) is 2.69. The van der Waals surface area contributed by atoms with E-state index in [1.165, 1.54) is 6.42 Å². The van der Waals surface area contributed by atoms with Crippen molar-refractivity contribution in [3.63, 3.8) is 0 Å². The molecule has 0 spiro atoms. The van der Waals surface area contributed by atoms with Crippen LogP contribution in [0.15, 0.2) is 12.2 Å². The number of hydrogen-bond acceptors (Lipinski definition) is 2. The van der Waals surface area contributed by atoms with Crippen LogP contribution in [-0.2, 0) is 9.53 Å². The zero-order chi connectivity index (χ0) is 9.23. The van der Waals surface area contributed by atoms with Crippen molar-refractivity contribution >= 4 is 5.97 Å². The number of rotatable bonds is 6. The second kappa shape index (κ2) is 8.31. The average Bonchev–Trinajstić information content (AvgIpc) is 2.10. The van der Waals surface area contributed by atoms with Crippen molar-refractivity contribution in [3.05, 3.63) is 12.2 Å². The predicted molar refractivity (Wildman–Crippen MR) is 49.9 cm³/mol. The van der Waals surface area contributed by atoms with E-state index in [4.69, 9.17) is 4.74 Å². The first-order valence-electron chi connectivity index (χ1n) is 4.61. The number of allylic oxidation sites excluding steroid dienone is 1. The molecule has 0 aromatic heterocycles. The summed E-state index contributed by atoms with van der Waals surface area (Å²) in [5.74, 6) is -0.112. The van der Waals surface area contributed by atoms with E-state index in [2.05, 4.69) is 19.1 Å². The van der Waals surface area contributed by atoms with Gasteiger partial charge in [-0.25, -0.2) is 0 Å². The van der Waals surface area contributed by atoms with Gasteiger partial charge in [0.1, 0.15) is 0 Å². The Labute approximate surface area is 74.6 Å². The molecule has 12 heavy (non-hydrogen) atoms. The zero-order valence-corrected chi connectivity index (χ0v) is 8.01. The molecule has 0 aliphatic rings. The molecule has 0 aliphatic heterocycles. The fraction of sp³-hybridized carbons (Fsp3) is 0.700. The van der Waals surface area contributed by atoms with Crippen molar-refractivity contribution in [2.75, 3.05) is 6.61 Å². The van der Waals surface area contributed by atoms with Crippen LogP contribution in [0.25, 0.3) is 0 Å². The van der Waals surface area contributed by atoms with Gasteiger partial charge in [-0.2, -0.15) is 0 Å². The van der Waals surface area contributed by atoms with Gasteiger partial charge in [-0.1, -0.05) is 32.4 Å². The summed E-state index contributed by atoms with van der Waals surface area (Å²) in [7, 11) is 0. The molecule has 0 saturated carbocycles. The van der Waals surface area contributed by atoms with E-state index >= 15 is 0 Å². The number of esters is 1. The van der Waals surface area contributed by atoms with Crippen LogP contribution in [0.2, 0.25) is 0 Å². The van der Waals surface area contributed by atoms with E-state index in [-0.39, 0.29) is 5.97 Å². The lowest BCUT2D eigenvalue weighted by molar-refractivity contribution is -0.143. The van der Waals surface area contributed by atoms with E-state index in [0.717, 1.165) is 12.8 Å². The highest BCUT2D eigenvalue weighted by Crippen LogP contribution is 1.93. The van der Waals surface area contributed by atoms with Gasteiger partial charge in [0, 0.05) is 6.42 Å². The van der Waals surface area contributed by atoms with Gasteiger partial charge in [-0.05, 0) is 12.8 Å². The summed E-state index contributed by atoms with van der Waals surface area (Å²) >= 11 is 0. The Hall–Kier alpha value is -0.790. The van der Waals surface area contributed by atoms with Gasteiger partial charge in [-0.3, -0.25) is 4.79 Å². The fourth-order valence-electron chi connectivity index (χ4n) is 0.745. The number of carbonyl (C=O) groups excluding carboxylic acids is 1. The Morgan fingerprint density at radius 1 is 1.25 bits per heavy atom. The van der Waals surface area contributed by atoms with Crippen LogP contribution in [-0.4, -0.2) is 12.6 Å². The summed E-state index contributed by atoms with van der Waals surface area (Å²) in [6.45, 7) is 4.46. The third kappa shape index (κ3) is 7.32. The van der Waals surface area contributed by atoms with E-state index in [0.29, 0.717) is 13.0 Å². The Morgan fingerprint density at radius 3 is 2.50 bits per heavy atom. The molecule has 0 aliphatic carbocycles. The largest absolute Gasteiger partial charge is 0.465 e. The van der Waals surface area contributed by atoms with Crippen LogP contribution in [0, 0.1) is 0 Å². The van der Waals surface area contributed by atoms with Crippen molar-refractivity contribution in [3.8, 4) is 0 Å². The smallest absolute Gasteiger partial charge is 0.305 e. The molecule has 0 N–H and O–H groups in total. The molecule has 70 valence electrons.